The van der Waals surface area contributed by atoms with Crippen LogP contribution in [0.15, 0.2) is 39.6 Å². The van der Waals surface area contributed by atoms with Crippen molar-refractivity contribution in [3.63, 3.8) is 0 Å². The molecule has 5 nitrogen and oxygen atoms in total. The summed E-state index contributed by atoms with van der Waals surface area (Å²) >= 11 is 3.35. The van der Waals surface area contributed by atoms with E-state index >= 15 is 0 Å². The maximum Gasteiger partial charge on any atom is 0.323 e. The van der Waals surface area contributed by atoms with E-state index in [4.69, 9.17) is 0 Å². The number of nitrogens with zero attached hydrogens (tertiary/aromatic N) is 1. The lowest BCUT2D eigenvalue weighted by atomic mass is 10.2. The van der Waals surface area contributed by atoms with Gasteiger partial charge >= 0.3 is 6.03 Å². The maximum absolute atomic E-state index is 12.1. The van der Waals surface area contributed by atoms with Crippen molar-refractivity contribution in [3.8, 4) is 0 Å². The minimum atomic E-state index is -0.456. The van der Waals surface area contributed by atoms with Crippen LogP contribution in [-0.2, 0) is 7.05 Å². The molecule has 0 saturated heterocycles. The largest absolute Gasteiger partial charge is 0.323 e. The molecule has 1 aromatic heterocycles. The minimum absolute atomic E-state index is 0.236. The van der Waals surface area contributed by atoms with Crippen LogP contribution in [0.3, 0.4) is 0 Å². The van der Waals surface area contributed by atoms with E-state index in [2.05, 4.69) is 26.6 Å². The lowest BCUT2D eigenvalue weighted by Gasteiger charge is -2.12. The predicted octanol–water partition coefficient (Wildman–Crippen LogP) is 3.41. The Kier molecular flexibility index (Phi) is 4.47. The molecule has 0 bridgehead atoms. The minimum Gasteiger partial charge on any atom is -0.314 e. The number of carbonyl (C=O) groups excluding carboxylic acids is 1. The van der Waals surface area contributed by atoms with E-state index in [1.807, 2.05) is 32.0 Å². The average Bonchev–Trinajstić information content (AvgIpc) is 2.45. The Bertz CT molecular complexity index is 753. The fraction of sp³-hybridized carbons (Fsp3) is 0.200. The van der Waals surface area contributed by atoms with E-state index < -0.39 is 6.03 Å². The average molecular weight is 350 g/mol. The molecule has 2 rings (SSSR count). The van der Waals surface area contributed by atoms with Crippen LogP contribution in [0.5, 0.6) is 0 Å². The second-order valence-corrected chi connectivity index (χ2v) is 5.60. The number of amides is 2. The van der Waals surface area contributed by atoms with E-state index in [9.17, 15) is 9.59 Å². The van der Waals surface area contributed by atoms with Crippen LogP contribution in [0.1, 0.15) is 11.3 Å². The van der Waals surface area contributed by atoms with Gasteiger partial charge in [0.05, 0.1) is 5.69 Å². The molecule has 21 heavy (non-hydrogen) atoms. The first-order valence-corrected chi connectivity index (χ1v) is 7.19. The Morgan fingerprint density at radius 3 is 2.43 bits per heavy atom. The lowest BCUT2D eigenvalue weighted by molar-refractivity contribution is 0.262. The van der Waals surface area contributed by atoms with Crippen molar-refractivity contribution in [2.45, 2.75) is 13.8 Å². The van der Waals surface area contributed by atoms with E-state index in [0.717, 1.165) is 15.7 Å². The van der Waals surface area contributed by atoms with Gasteiger partial charge in [-0.15, -0.1) is 0 Å². The molecular weight excluding hydrogens is 334 g/mol. The van der Waals surface area contributed by atoms with Gasteiger partial charge < -0.3 is 15.2 Å². The molecule has 0 atom stereocenters. The van der Waals surface area contributed by atoms with E-state index in [1.54, 1.807) is 19.2 Å². The zero-order chi connectivity index (χ0) is 15.6. The van der Waals surface area contributed by atoms with Gasteiger partial charge in [-0.05, 0) is 53.5 Å². The smallest absolute Gasteiger partial charge is 0.314 e. The third-order valence-electron chi connectivity index (χ3n) is 3.34. The van der Waals surface area contributed by atoms with Gasteiger partial charge in [0.15, 0.2) is 0 Å². The number of carbonyl (C=O) groups is 1. The van der Waals surface area contributed by atoms with E-state index in [1.165, 1.54) is 4.57 Å². The Morgan fingerprint density at radius 1 is 1.14 bits per heavy atom. The molecule has 0 fully saturated rings. The first kappa shape index (κ1) is 15.3. The molecule has 2 amide bonds. The Morgan fingerprint density at radius 2 is 1.76 bits per heavy atom. The highest BCUT2D eigenvalue weighted by molar-refractivity contribution is 9.10. The zero-order valence-electron chi connectivity index (χ0n) is 12.0. The number of aromatic nitrogens is 1. The summed E-state index contributed by atoms with van der Waals surface area (Å²) in [7, 11) is 1.68. The summed E-state index contributed by atoms with van der Waals surface area (Å²) in [4.78, 5) is 24.1. The Hall–Kier alpha value is -2.08. The summed E-state index contributed by atoms with van der Waals surface area (Å²) in [5.74, 6) is 0. The number of benzene rings is 1. The van der Waals surface area contributed by atoms with E-state index in [0.29, 0.717) is 5.69 Å². The van der Waals surface area contributed by atoms with Gasteiger partial charge in [-0.25, -0.2) is 4.79 Å². The normalized spacial score (nSPS) is 10.3. The van der Waals surface area contributed by atoms with Crippen LogP contribution in [0.4, 0.5) is 16.2 Å². The molecule has 0 spiro atoms. The highest BCUT2D eigenvalue weighted by Gasteiger charge is 2.11. The van der Waals surface area contributed by atoms with Gasteiger partial charge in [-0.1, -0.05) is 12.1 Å². The molecular formula is C15H16BrN3O2. The zero-order valence-corrected chi connectivity index (χ0v) is 13.6. The van der Waals surface area contributed by atoms with Gasteiger partial charge in [-0.3, -0.25) is 4.79 Å². The van der Waals surface area contributed by atoms with Crippen LogP contribution in [0.2, 0.25) is 0 Å². The number of pyridine rings is 1. The van der Waals surface area contributed by atoms with Crippen molar-refractivity contribution >= 4 is 33.3 Å². The number of rotatable bonds is 2. The van der Waals surface area contributed by atoms with Crippen LogP contribution in [-0.4, -0.2) is 10.6 Å². The molecule has 2 N–H and O–H groups in total. The molecule has 1 heterocycles. The third kappa shape index (κ3) is 3.33. The van der Waals surface area contributed by atoms with Crippen molar-refractivity contribution in [1.82, 2.24) is 4.57 Å². The third-order valence-corrected chi connectivity index (χ3v) is 4.03. The van der Waals surface area contributed by atoms with Crippen molar-refractivity contribution in [2.24, 2.45) is 7.05 Å². The fourth-order valence-electron chi connectivity index (χ4n) is 1.91. The van der Waals surface area contributed by atoms with Crippen molar-refractivity contribution < 1.29 is 4.79 Å². The van der Waals surface area contributed by atoms with Gasteiger partial charge in [0.2, 0.25) is 0 Å². The standard InChI is InChI=1S/C15H16BrN3O2/c1-9-8-13(14(20)19(3)10(9)2)18-15(21)17-12-7-5-4-6-11(12)16/h4-8H,1-3H3,(H2,17,18,21). The second kappa shape index (κ2) is 6.13. The first-order chi connectivity index (χ1) is 9.90. The molecule has 0 aliphatic carbocycles. The summed E-state index contributed by atoms with van der Waals surface area (Å²) in [5, 5.41) is 5.28. The summed E-state index contributed by atoms with van der Waals surface area (Å²) in [5.41, 5.74) is 2.46. The van der Waals surface area contributed by atoms with Crippen LogP contribution < -0.4 is 16.2 Å². The fourth-order valence-corrected chi connectivity index (χ4v) is 2.29. The number of para-hydroxylation sites is 1. The first-order valence-electron chi connectivity index (χ1n) is 6.40. The number of hydrogen-bond donors (Lipinski definition) is 2. The van der Waals surface area contributed by atoms with Crippen molar-refractivity contribution in [2.75, 3.05) is 10.6 Å². The number of urea groups is 1. The number of aryl methyl sites for hydroxylation is 1. The topological polar surface area (TPSA) is 63.1 Å². The van der Waals surface area contributed by atoms with Gasteiger partial charge in [0.1, 0.15) is 5.69 Å². The number of halogens is 1. The Balaban J connectivity index is 2.21. The molecule has 0 unspecified atom stereocenters. The monoisotopic (exact) mass is 349 g/mol. The summed E-state index contributed by atoms with van der Waals surface area (Å²) < 4.78 is 2.29. The van der Waals surface area contributed by atoms with Crippen molar-refractivity contribution in [1.29, 1.82) is 0 Å². The van der Waals surface area contributed by atoms with Crippen LogP contribution >= 0.6 is 15.9 Å². The Labute approximate surface area is 131 Å². The molecule has 6 heteroatoms. The highest BCUT2D eigenvalue weighted by Crippen LogP contribution is 2.21. The van der Waals surface area contributed by atoms with Crippen LogP contribution in [0.25, 0.3) is 0 Å². The number of hydrogen-bond acceptors (Lipinski definition) is 2. The second-order valence-electron chi connectivity index (χ2n) is 4.75. The molecule has 0 radical (unpaired) electrons. The van der Waals surface area contributed by atoms with Gasteiger partial charge in [0.25, 0.3) is 5.56 Å². The predicted molar refractivity (Wildman–Crippen MR) is 87.9 cm³/mol. The van der Waals surface area contributed by atoms with Gasteiger partial charge in [0, 0.05) is 17.2 Å². The van der Waals surface area contributed by atoms with Gasteiger partial charge in [-0.2, -0.15) is 0 Å². The lowest BCUT2D eigenvalue weighted by Crippen LogP contribution is -2.28. The number of anilines is 2. The molecule has 110 valence electrons. The van der Waals surface area contributed by atoms with Crippen molar-refractivity contribution in [3.05, 3.63) is 56.4 Å². The summed E-state index contributed by atoms with van der Waals surface area (Å²) in [6.45, 7) is 3.76. The SMILES string of the molecule is Cc1cc(NC(=O)Nc2ccccc2Br)c(=O)n(C)c1C. The molecule has 0 aliphatic heterocycles. The quantitative estimate of drug-likeness (QED) is 0.872. The maximum atomic E-state index is 12.1. The summed E-state index contributed by atoms with van der Waals surface area (Å²) in [6.07, 6.45) is 0. The summed E-state index contributed by atoms with van der Waals surface area (Å²) in [6, 6.07) is 8.48. The molecule has 0 saturated carbocycles. The highest BCUT2D eigenvalue weighted by atomic mass is 79.9. The molecule has 1 aromatic carbocycles. The number of nitrogens with one attached hydrogen (secondary N) is 2. The van der Waals surface area contributed by atoms with Crippen LogP contribution in [0, 0.1) is 13.8 Å². The van der Waals surface area contributed by atoms with E-state index in [-0.39, 0.29) is 11.2 Å². The molecule has 2 aromatic rings. The molecule has 0 aliphatic rings.